The lowest BCUT2D eigenvalue weighted by molar-refractivity contribution is 0.413. The number of halogens is 2. The maximum atomic E-state index is 13.3. The van der Waals surface area contributed by atoms with Crippen LogP contribution in [-0.2, 0) is 15.8 Å². The summed E-state index contributed by atoms with van der Waals surface area (Å²) in [6.07, 6.45) is 3.44. The average Bonchev–Trinajstić information content (AvgIpc) is 3.03. The van der Waals surface area contributed by atoms with Gasteiger partial charge >= 0.3 is 0 Å². The van der Waals surface area contributed by atoms with Crippen LogP contribution in [0, 0.1) is 18.6 Å². The molecule has 6 nitrogen and oxygen atoms in total. The molecule has 0 fully saturated rings. The summed E-state index contributed by atoms with van der Waals surface area (Å²) in [4.78, 5) is 4.15. The zero-order chi connectivity index (χ0) is 19.6. The summed E-state index contributed by atoms with van der Waals surface area (Å²) in [5.41, 5.74) is 1.95. The molecule has 0 amide bonds. The zero-order valence-corrected chi connectivity index (χ0v) is 15.4. The summed E-state index contributed by atoms with van der Waals surface area (Å²) < 4.78 is 60.4. The third-order valence-electron chi connectivity index (χ3n) is 3.78. The highest BCUT2D eigenvalue weighted by Gasteiger charge is 2.15. The number of methoxy groups -OCH3 is 1. The van der Waals surface area contributed by atoms with Gasteiger partial charge in [-0.1, -0.05) is 6.07 Å². The van der Waals surface area contributed by atoms with Crippen molar-refractivity contribution in [1.29, 1.82) is 0 Å². The van der Waals surface area contributed by atoms with Gasteiger partial charge < -0.3 is 9.30 Å². The van der Waals surface area contributed by atoms with E-state index in [0.717, 1.165) is 17.8 Å². The largest absolute Gasteiger partial charge is 0.494 e. The number of aryl methyl sites for hydroxylation is 1. The lowest BCUT2D eigenvalue weighted by atomic mass is 10.2. The van der Waals surface area contributed by atoms with E-state index in [1.165, 1.54) is 19.2 Å². The van der Waals surface area contributed by atoms with E-state index < -0.39 is 27.4 Å². The fraction of sp³-hybridized carbons (Fsp3) is 0.167. The van der Waals surface area contributed by atoms with Crippen LogP contribution in [0.1, 0.15) is 11.3 Å². The topological polar surface area (TPSA) is 73.2 Å². The molecule has 0 spiro atoms. The second-order valence-electron chi connectivity index (χ2n) is 5.92. The summed E-state index contributed by atoms with van der Waals surface area (Å²) in [5.74, 6) is -2.17. The third-order valence-corrected chi connectivity index (χ3v) is 5.04. The van der Waals surface area contributed by atoms with Crippen LogP contribution in [0.2, 0.25) is 0 Å². The van der Waals surface area contributed by atoms with E-state index in [1.807, 2.05) is 13.1 Å². The molecule has 1 N–H and O–H groups in total. The fourth-order valence-electron chi connectivity index (χ4n) is 2.57. The molecule has 0 radical (unpaired) electrons. The molecule has 3 rings (SSSR count). The van der Waals surface area contributed by atoms with Crippen LogP contribution < -0.4 is 9.46 Å². The Bertz CT molecular complexity index is 1080. The average molecular weight is 393 g/mol. The Balaban J connectivity index is 1.82. The number of imidazole rings is 1. The number of ether oxygens (including phenoxy) is 1. The Morgan fingerprint density at radius 3 is 2.56 bits per heavy atom. The van der Waals surface area contributed by atoms with Gasteiger partial charge in [0.2, 0.25) is 10.0 Å². The Labute approximate surface area is 155 Å². The second-order valence-corrected chi connectivity index (χ2v) is 7.64. The van der Waals surface area contributed by atoms with Crippen molar-refractivity contribution >= 4 is 15.7 Å². The fourth-order valence-corrected chi connectivity index (χ4v) is 3.75. The van der Waals surface area contributed by atoms with E-state index in [4.69, 9.17) is 4.74 Å². The summed E-state index contributed by atoms with van der Waals surface area (Å²) in [6.45, 7) is 1.85. The third kappa shape index (κ3) is 4.43. The number of benzene rings is 2. The van der Waals surface area contributed by atoms with Gasteiger partial charge in [-0.25, -0.2) is 22.2 Å². The van der Waals surface area contributed by atoms with Crippen molar-refractivity contribution in [2.45, 2.75) is 12.7 Å². The highest BCUT2D eigenvalue weighted by Crippen LogP contribution is 2.27. The number of nitrogens with one attached hydrogen (secondary N) is 1. The standard InChI is InChI=1S/C18H17F2N3O3S/c1-12-9-23(11-21-12)17-6-4-14(8-18(17)26-2)22-27(24,25)10-13-3-5-15(19)16(20)7-13/h3-9,11,22H,10H2,1-2H3. The van der Waals surface area contributed by atoms with Crippen molar-refractivity contribution < 1.29 is 21.9 Å². The van der Waals surface area contributed by atoms with Crippen LogP contribution in [0.15, 0.2) is 48.9 Å². The first-order valence-corrected chi connectivity index (χ1v) is 9.56. The molecular formula is C18H17F2N3O3S. The van der Waals surface area contributed by atoms with Crippen LogP contribution in [0.25, 0.3) is 5.69 Å². The normalized spacial score (nSPS) is 11.4. The number of hydrogen-bond donors (Lipinski definition) is 1. The summed E-state index contributed by atoms with van der Waals surface area (Å²) in [5, 5.41) is 0. The highest BCUT2D eigenvalue weighted by atomic mass is 32.2. The Morgan fingerprint density at radius 2 is 1.93 bits per heavy atom. The van der Waals surface area contributed by atoms with Gasteiger partial charge in [-0.05, 0) is 36.8 Å². The van der Waals surface area contributed by atoms with Crippen molar-refractivity contribution in [2.24, 2.45) is 0 Å². The van der Waals surface area contributed by atoms with Crippen LogP contribution in [0.4, 0.5) is 14.5 Å². The molecule has 9 heteroatoms. The van der Waals surface area contributed by atoms with E-state index in [0.29, 0.717) is 11.4 Å². The molecule has 0 atom stereocenters. The van der Waals surface area contributed by atoms with Gasteiger partial charge in [-0.15, -0.1) is 0 Å². The van der Waals surface area contributed by atoms with Gasteiger partial charge in [-0.3, -0.25) is 4.72 Å². The van der Waals surface area contributed by atoms with E-state index in [1.54, 1.807) is 23.0 Å². The summed E-state index contributed by atoms with van der Waals surface area (Å²) >= 11 is 0. The van der Waals surface area contributed by atoms with Gasteiger partial charge in [0.05, 0.1) is 36.3 Å². The highest BCUT2D eigenvalue weighted by molar-refractivity contribution is 7.91. The minimum absolute atomic E-state index is 0.138. The van der Waals surface area contributed by atoms with Crippen molar-refractivity contribution in [3.05, 3.63) is 71.8 Å². The van der Waals surface area contributed by atoms with E-state index in [-0.39, 0.29) is 11.3 Å². The van der Waals surface area contributed by atoms with E-state index in [2.05, 4.69) is 9.71 Å². The van der Waals surface area contributed by atoms with E-state index >= 15 is 0 Å². The molecule has 3 aromatic rings. The summed E-state index contributed by atoms with van der Waals surface area (Å²) in [7, 11) is -2.36. The Kier molecular flexibility index (Phi) is 5.13. The number of rotatable bonds is 6. The Morgan fingerprint density at radius 1 is 1.15 bits per heavy atom. The molecule has 142 valence electrons. The van der Waals surface area contributed by atoms with E-state index in [9.17, 15) is 17.2 Å². The summed E-state index contributed by atoms with van der Waals surface area (Å²) in [6, 6.07) is 7.78. The smallest absolute Gasteiger partial charge is 0.236 e. The first-order chi connectivity index (χ1) is 12.8. The lowest BCUT2D eigenvalue weighted by Gasteiger charge is -2.13. The molecule has 0 unspecified atom stereocenters. The van der Waals surface area contributed by atoms with Crippen LogP contribution in [-0.4, -0.2) is 25.1 Å². The maximum Gasteiger partial charge on any atom is 0.236 e. The second kappa shape index (κ2) is 7.36. The number of sulfonamides is 1. The Hall–Kier alpha value is -2.94. The minimum Gasteiger partial charge on any atom is -0.494 e. The minimum atomic E-state index is -3.83. The quantitative estimate of drug-likeness (QED) is 0.697. The first kappa shape index (κ1) is 18.8. The molecule has 27 heavy (non-hydrogen) atoms. The number of aromatic nitrogens is 2. The molecular weight excluding hydrogens is 376 g/mol. The van der Waals surface area contributed by atoms with Gasteiger partial charge in [0.15, 0.2) is 11.6 Å². The van der Waals surface area contributed by atoms with Gasteiger partial charge in [0.25, 0.3) is 0 Å². The van der Waals surface area contributed by atoms with Crippen molar-refractivity contribution in [3.63, 3.8) is 0 Å². The molecule has 0 saturated carbocycles. The van der Waals surface area contributed by atoms with Crippen LogP contribution in [0.5, 0.6) is 5.75 Å². The number of hydrogen-bond acceptors (Lipinski definition) is 4. The van der Waals surface area contributed by atoms with Crippen LogP contribution >= 0.6 is 0 Å². The van der Waals surface area contributed by atoms with Crippen molar-refractivity contribution in [3.8, 4) is 11.4 Å². The molecule has 2 aromatic carbocycles. The predicted molar refractivity (Wildman–Crippen MR) is 97.5 cm³/mol. The zero-order valence-electron chi connectivity index (χ0n) is 14.6. The molecule has 0 aliphatic carbocycles. The molecule has 0 aliphatic rings. The molecule has 0 saturated heterocycles. The molecule has 1 heterocycles. The molecule has 0 bridgehead atoms. The first-order valence-electron chi connectivity index (χ1n) is 7.91. The van der Waals surface area contributed by atoms with Crippen molar-refractivity contribution in [1.82, 2.24) is 9.55 Å². The monoisotopic (exact) mass is 393 g/mol. The SMILES string of the molecule is COc1cc(NS(=O)(=O)Cc2ccc(F)c(F)c2)ccc1-n1cnc(C)c1. The van der Waals surface area contributed by atoms with Gasteiger partial charge in [0.1, 0.15) is 5.75 Å². The lowest BCUT2D eigenvalue weighted by Crippen LogP contribution is -2.15. The van der Waals surface area contributed by atoms with Gasteiger partial charge in [0, 0.05) is 12.3 Å². The predicted octanol–water partition coefficient (Wildman–Crippen LogP) is 3.41. The maximum absolute atomic E-state index is 13.3. The number of nitrogens with zero attached hydrogens (tertiary/aromatic N) is 2. The van der Waals surface area contributed by atoms with Crippen molar-refractivity contribution in [2.75, 3.05) is 11.8 Å². The molecule has 1 aromatic heterocycles. The molecule has 0 aliphatic heterocycles. The van der Waals surface area contributed by atoms with Gasteiger partial charge in [-0.2, -0.15) is 0 Å². The van der Waals surface area contributed by atoms with Crippen LogP contribution in [0.3, 0.4) is 0 Å². The number of anilines is 1.